The quantitative estimate of drug-likeness (QED) is 0.287. The molecule has 3 aromatic carbocycles. The van der Waals surface area contributed by atoms with E-state index in [-0.39, 0.29) is 29.5 Å². The number of rotatable bonds is 10. The van der Waals surface area contributed by atoms with Crippen LogP contribution in [0.2, 0.25) is 5.02 Å². The molecule has 0 heterocycles. The second kappa shape index (κ2) is 13.6. The van der Waals surface area contributed by atoms with E-state index in [0.717, 1.165) is 11.1 Å². The largest absolute Gasteiger partial charge is 0.494 e. The summed E-state index contributed by atoms with van der Waals surface area (Å²) in [5.41, 5.74) is 9.46. The fourth-order valence-electron chi connectivity index (χ4n) is 4.37. The first-order valence-corrected chi connectivity index (χ1v) is 13.2. The molecule has 0 saturated heterocycles. The Morgan fingerprint density at radius 3 is 2.08 bits per heavy atom. The maximum Gasteiger partial charge on any atom is 0.342 e. The predicted octanol–water partition coefficient (Wildman–Crippen LogP) is 6.14. The Morgan fingerprint density at radius 1 is 0.900 bits per heavy atom. The van der Waals surface area contributed by atoms with Gasteiger partial charge in [0.25, 0.3) is 0 Å². The van der Waals surface area contributed by atoms with Gasteiger partial charge in [0, 0.05) is 12.1 Å². The predicted molar refractivity (Wildman–Crippen MR) is 153 cm³/mol. The lowest BCUT2D eigenvalue weighted by molar-refractivity contribution is -0.151. The molecule has 40 heavy (non-hydrogen) atoms. The summed E-state index contributed by atoms with van der Waals surface area (Å²) in [5, 5.41) is 0.474. The van der Waals surface area contributed by atoms with Gasteiger partial charge in [-0.05, 0) is 40.5 Å². The number of ether oxygens (including phenoxy) is 4. The molecule has 2 N–H and O–H groups in total. The number of hydrogen-bond donors (Lipinski definition) is 1. The first-order chi connectivity index (χ1) is 19.3. The van der Waals surface area contributed by atoms with Gasteiger partial charge in [0.05, 0.1) is 18.2 Å². The van der Waals surface area contributed by atoms with E-state index in [0.29, 0.717) is 16.2 Å². The van der Waals surface area contributed by atoms with Crippen LogP contribution >= 0.6 is 23.2 Å². The van der Waals surface area contributed by atoms with Gasteiger partial charge in [-0.15, -0.1) is 0 Å². The van der Waals surface area contributed by atoms with Crippen LogP contribution in [0.5, 0.6) is 5.75 Å². The first kappa shape index (κ1) is 29.4. The number of hydrogen-bond acceptors (Lipinski definition) is 7. The molecule has 0 radical (unpaired) electrons. The Bertz CT molecular complexity index is 1410. The summed E-state index contributed by atoms with van der Waals surface area (Å²) in [7, 11) is 2.88. The Balaban J connectivity index is 1.58. The molecule has 4 rings (SSSR count). The van der Waals surface area contributed by atoms with Crippen molar-refractivity contribution in [3.05, 3.63) is 123 Å². The normalized spacial score (nSPS) is 17.3. The Kier molecular flexibility index (Phi) is 10.0. The minimum absolute atomic E-state index is 0.0748. The Morgan fingerprint density at radius 2 is 1.50 bits per heavy atom. The van der Waals surface area contributed by atoms with Crippen LogP contribution in [0.4, 0.5) is 0 Å². The minimum atomic E-state index is -0.837. The fraction of sp³-hybridized carbons (Fsp3) is 0.226. The molecule has 0 aromatic heterocycles. The molecule has 0 spiro atoms. The zero-order valence-corrected chi connectivity index (χ0v) is 23.5. The molecule has 0 aliphatic heterocycles. The lowest BCUT2D eigenvalue weighted by Gasteiger charge is -2.28. The molecule has 0 amide bonds. The number of halogens is 2. The molecule has 9 heteroatoms. The number of carbonyl (C=O) groups is 2. The van der Waals surface area contributed by atoms with Crippen LogP contribution in [0.1, 0.15) is 33.1 Å². The SMILES string of the molecule is COc1c(Cl)cc(C(N)C2=CC(C(=O)OCc3ccccc3)C(OC)C(Cl)=C2)cc1C(=O)OCc1ccccc1. The van der Waals surface area contributed by atoms with E-state index >= 15 is 0 Å². The summed E-state index contributed by atoms with van der Waals surface area (Å²) in [6.07, 6.45) is 2.58. The van der Waals surface area contributed by atoms with E-state index in [1.165, 1.54) is 14.2 Å². The number of methoxy groups -OCH3 is 2. The maximum absolute atomic E-state index is 13.1. The van der Waals surface area contributed by atoms with Crippen molar-refractivity contribution in [1.82, 2.24) is 0 Å². The third-order valence-electron chi connectivity index (χ3n) is 6.45. The lowest BCUT2D eigenvalue weighted by atomic mass is 9.87. The van der Waals surface area contributed by atoms with Gasteiger partial charge >= 0.3 is 11.9 Å². The Hall–Kier alpha value is -3.62. The average Bonchev–Trinajstić information content (AvgIpc) is 2.98. The third kappa shape index (κ3) is 6.92. The summed E-state index contributed by atoms with van der Waals surface area (Å²) < 4.78 is 22.0. The van der Waals surface area contributed by atoms with Crippen molar-refractivity contribution in [1.29, 1.82) is 0 Å². The monoisotopic (exact) mass is 581 g/mol. The summed E-state index contributed by atoms with van der Waals surface area (Å²) in [6.45, 7) is 0.178. The second-order valence-electron chi connectivity index (χ2n) is 9.09. The van der Waals surface area contributed by atoms with Gasteiger partial charge in [0.15, 0.2) is 5.75 Å². The number of esters is 2. The maximum atomic E-state index is 13.1. The van der Waals surface area contributed by atoms with E-state index in [2.05, 4.69) is 0 Å². The Labute approximate surface area is 243 Å². The van der Waals surface area contributed by atoms with Crippen LogP contribution in [0.3, 0.4) is 0 Å². The van der Waals surface area contributed by atoms with E-state index in [1.54, 1.807) is 24.3 Å². The molecule has 0 saturated carbocycles. The second-order valence-corrected chi connectivity index (χ2v) is 9.94. The van der Waals surface area contributed by atoms with Crippen LogP contribution in [0.15, 0.2) is 95.6 Å². The molecular weight excluding hydrogens is 553 g/mol. The molecule has 208 valence electrons. The van der Waals surface area contributed by atoms with Gasteiger partial charge in [-0.3, -0.25) is 4.79 Å². The van der Waals surface area contributed by atoms with Gasteiger partial charge < -0.3 is 24.7 Å². The van der Waals surface area contributed by atoms with Crippen LogP contribution in [-0.4, -0.2) is 32.3 Å². The molecular formula is C31H29Cl2NO6. The summed E-state index contributed by atoms with van der Waals surface area (Å²) in [5.74, 6) is -1.80. The zero-order valence-electron chi connectivity index (χ0n) is 22.0. The van der Waals surface area contributed by atoms with Crippen molar-refractivity contribution >= 4 is 35.1 Å². The van der Waals surface area contributed by atoms with Crippen LogP contribution in [-0.2, 0) is 32.2 Å². The van der Waals surface area contributed by atoms with Crippen molar-refractivity contribution in [2.75, 3.05) is 14.2 Å². The van der Waals surface area contributed by atoms with Crippen molar-refractivity contribution in [3.8, 4) is 5.75 Å². The third-order valence-corrected chi connectivity index (χ3v) is 7.05. The molecule has 3 unspecified atom stereocenters. The molecule has 0 fully saturated rings. The first-order valence-electron chi connectivity index (χ1n) is 12.5. The van der Waals surface area contributed by atoms with E-state index in [9.17, 15) is 9.59 Å². The highest BCUT2D eigenvalue weighted by Gasteiger charge is 2.35. The van der Waals surface area contributed by atoms with E-state index in [4.69, 9.17) is 47.9 Å². The van der Waals surface area contributed by atoms with Gasteiger partial charge in [-0.1, -0.05) is 89.9 Å². The van der Waals surface area contributed by atoms with Crippen LogP contribution in [0.25, 0.3) is 0 Å². The van der Waals surface area contributed by atoms with Crippen molar-refractivity contribution in [2.45, 2.75) is 25.4 Å². The lowest BCUT2D eigenvalue weighted by Crippen LogP contribution is -2.33. The highest BCUT2D eigenvalue weighted by Crippen LogP contribution is 2.38. The van der Waals surface area contributed by atoms with Crippen LogP contribution in [0, 0.1) is 5.92 Å². The van der Waals surface area contributed by atoms with Crippen molar-refractivity contribution < 1.29 is 28.5 Å². The fourth-order valence-corrected chi connectivity index (χ4v) is 5.03. The topological polar surface area (TPSA) is 97.1 Å². The number of nitrogens with two attached hydrogens (primary N) is 1. The standard InChI is InChI=1S/C31H29Cl2NO6/c1-37-28-23(30(35)39-17-19-9-5-3-6-10-19)13-21(15-25(28)32)27(34)22-14-24(29(38-2)26(33)16-22)31(36)40-18-20-11-7-4-8-12-20/h3-16,23,27-28H,17-18,34H2,1-2H3. The van der Waals surface area contributed by atoms with Gasteiger partial charge in [-0.25, -0.2) is 4.79 Å². The van der Waals surface area contributed by atoms with Gasteiger partial charge in [0.1, 0.15) is 30.8 Å². The summed E-state index contributed by atoms with van der Waals surface area (Å²) in [4.78, 5) is 26.1. The van der Waals surface area contributed by atoms with Crippen molar-refractivity contribution in [2.24, 2.45) is 11.7 Å². The molecule has 3 atom stereocenters. The zero-order chi connectivity index (χ0) is 28.6. The number of benzene rings is 3. The van der Waals surface area contributed by atoms with E-state index < -0.39 is 30.0 Å². The van der Waals surface area contributed by atoms with Gasteiger partial charge in [0.2, 0.25) is 0 Å². The average molecular weight is 582 g/mol. The number of carbonyl (C=O) groups excluding carboxylic acids is 2. The summed E-state index contributed by atoms with van der Waals surface area (Å²) in [6, 6.07) is 21.0. The smallest absolute Gasteiger partial charge is 0.342 e. The summed E-state index contributed by atoms with van der Waals surface area (Å²) >= 11 is 13.0. The minimum Gasteiger partial charge on any atom is -0.494 e. The molecule has 3 aromatic rings. The molecule has 7 nitrogen and oxygen atoms in total. The molecule has 1 aliphatic carbocycles. The molecule has 0 bridgehead atoms. The van der Waals surface area contributed by atoms with E-state index in [1.807, 2.05) is 60.7 Å². The van der Waals surface area contributed by atoms with Crippen LogP contribution < -0.4 is 10.5 Å². The van der Waals surface area contributed by atoms with Crippen molar-refractivity contribution in [3.63, 3.8) is 0 Å². The highest BCUT2D eigenvalue weighted by molar-refractivity contribution is 6.32. The highest BCUT2D eigenvalue weighted by atomic mass is 35.5. The van der Waals surface area contributed by atoms with Gasteiger partial charge in [-0.2, -0.15) is 0 Å². The molecule has 1 aliphatic rings.